The van der Waals surface area contributed by atoms with Gasteiger partial charge in [-0.25, -0.2) is 4.98 Å². The van der Waals surface area contributed by atoms with E-state index in [0.29, 0.717) is 0 Å². The minimum absolute atomic E-state index is 0.821. The third-order valence-corrected chi connectivity index (χ3v) is 3.92. The first-order valence-corrected chi connectivity index (χ1v) is 7.54. The molecule has 0 atom stereocenters. The summed E-state index contributed by atoms with van der Waals surface area (Å²) >= 11 is 7.56. The molecule has 5 heteroatoms. The number of rotatable bonds is 6. The molecule has 0 fully saturated rings. The van der Waals surface area contributed by atoms with Gasteiger partial charge >= 0.3 is 0 Å². The number of thiophene rings is 1. The first-order chi connectivity index (χ1) is 9.19. The molecule has 0 aromatic carbocycles. The molecule has 2 aromatic rings. The summed E-state index contributed by atoms with van der Waals surface area (Å²) in [7, 11) is 2.04. The number of hydrogen-bond donors (Lipinski definition) is 1. The predicted molar refractivity (Wildman–Crippen MR) is 84.5 cm³/mol. The fraction of sp³-hybridized carbons (Fsp3) is 0.357. The Kier molecular flexibility index (Phi) is 5.05. The highest BCUT2D eigenvalue weighted by molar-refractivity contribution is 7.16. The minimum atomic E-state index is 0.821. The minimum Gasteiger partial charge on any atom is -0.370 e. The van der Waals surface area contributed by atoms with Crippen molar-refractivity contribution in [1.29, 1.82) is 0 Å². The lowest BCUT2D eigenvalue weighted by molar-refractivity contribution is 0.907. The van der Waals surface area contributed by atoms with E-state index in [9.17, 15) is 0 Å². The molecule has 2 rings (SSSR count). The van der Waals surface area contributed by atoms with Gasteiger partial charge in [0.05, 0.1) is 10.9 Å². The van der Waals surface area contributed by atoms with Gasteiger partial charge in [-0.05, 0) is 30.7 Å². The van der Waals surface area contributed by atoms with Gasteiger partial charge in [0, 0.05) is 18.5 Å². The maximum absolute atomic E-state index is 5.95. The molecule has 0 aliphatic heterocycles. The molecule has 19 heavy (non-hydrogen) atoms. The molecule has 0 spiro atoms. The molecule has 1 N–H and O–H groups in total. The second-order valence-electron chi connectivity index (χ2n) is 4.37. The summed E-state index contributed by atoms with van der Waals surface area (Å²) < 4.78 is 0.828. The van der Waals surface area contributed by atoms with Crippen LogP contribution in [0.1, 0.15) is 18.2 Å². The maximum Gasteiger partial charge on any atom is 0.131 e. The van der Waals surface area contributed by atoms with E-state index >= 15 is 0 Å². The molecule has 2 heterocycles. The molecule has 102 valence electrons. The van der Waals surface area contributed by atoms with Crippen LogP contribution < -0.4 is 10.2 Å². The summed E-state index contributed by atoms with van der Waals surface area (Å²) in [6.07, 6.45) is 1.09. The lowest BCUT2D eigenvalue weighted by Gasteiger charge is -2.18. The first-order valence-electron chi connectivity index (χ1n) is 6.35. The van der Waals surface area contributed by atoms with E-state index in [0.717, 1.165) is 35.5 Å². The molecule has 0 aliphatic rings. The quantitative estimate of drug-likeness (QED) is 0.863. The van der Waals surface area contributed by atoms with Crippen molar-refractivity contribution in [2.45, 2.75) is 19.9 Å². The Balaban J connectivity index is 2.03. The Bertz CT molecular complexity index is 527. The van der Waals surface area contributed by atoms with Gasteiger partial charge in [0.25, 0.3) is 0 Å². The van der Waals surface area contributed by atoms with E-state index in [1.54, 1.807) is 11.3 Å². The van der Waals surface area contributed by atoms with Crippen molar-refractivity contribution in [3.05, 3.63) is 39.5 Å². The van der Waals surface area contributed by atoms with Crippen molar-refractivity contribution in [1.82, 2.24) is 4.98 Å². The zero-order valence-corrected chi connectivity index (χ0v) is 12.8. The van der Waals surface area contributed by atoms with E-state index in [4.69, 9.17) is 11.6 Å². The van der Waals surface area contributed by atoms with Gasteiger partial charge in [0.1, 0.15) is 11.6 Å². The molecule has 0 aliphatic carbocycles. The first kappa shape index (κ1) is 14.2. The van der Waals surface area contributed by atoms with Crippen LogP contribution in [0.15, 0.2) is 30.3 Å². The van der Waals surface area contributed by atoms with E-state index in [1.165, 1.54) is 4.88 Å². The van der Waals surface area contributed by atoms with Gasteiger partial charge < -0.3 is 10.2 Å². The van der Waals surface area contributed by atoms with Crippen molar-refractivity contribution in [3.8, 4) is 0 Å². The molecule has 0 saturated heterocycles. The molecule has 0 bridgehead atoms. The summed E-state index contributed by atoms with van der Waals surface area (Å²) in [4.78, 5) is 7.96. The van der Waals surface area contributed by atoms with Crippen LogP contribution in [-0.4, -0.2) is 18.6 Å². The average Bonchev–Trinajstić information content (AvgIpc) is 2.82. The van der Waals surface area contributed by atoms with Gasteiger partial charge in [0.15, 0.2) is 0 Å². The molecule has 0 saturated carbocycles. The van der Waals surface area contributed by atoms with Crippen LogP contribution in [0.25, 0.3) is 0 Å². The zero-order chi connectivity index (χ0) is 13.7. The number of halogens is 1. The standard InChI is InChI=1S/C14H18ClN3S/c1-3-9-16-13-5-4-6-14(17-13)18(2)10-11-7-8-12(15)19-11/h4-8H,3,9-10H2,1-2H3,(H,16,17). The third kappa shape index (κ3) is 4.11. The molecule has 0 unspecified atom stereocenters. The van der Waals surface area contributed by atoms with Gasteiger partial charge in [-0.1, -0.05) is 24.6 Å². The molecule has 0 radical (unpaired) electrons. The average molecular weight is 296 g/mol. The smallest absolute Gasteiger partial charge is 0.131 e. The lowest BCUT2D eigenvalue weighted by Crippen LogP contribution is -2.17. The topological polar surface area (TPSA) is 28.2 Å². The summed E-state index contributed by atoms with van der Waals surface area (Å²) in [6, 6.07) is 10.0. The van der Waals surface area contributed by atoms with E-state index in [1.807, 2.05) is 31.3 Å². The third-order valence-electron chi connectivity index (χ3n) is 2.70. The van der Waals surface area contributed by atoms with Crippen LogP contribution in [0.2, 0.25) is 4.34 Å². The second-order valence-corrected chi connectivity index (χ2v) is 6.17. The Hall–Kier alpha value is -1.26. The largest absolute Gasteiger partial charge is 0.370 e. The number of hydrogen-bond acceptors (Lipinski definition) is 4. The number of anilines is 2. The van der Waals surface area contributed by atoms with E-state index in [-0.39, 0.29) is 0 Å². The number of aromatic nitrogens is 1. The van der Waals surface area contributed by atoms with Gasteiger partial charge in [-0.3, -0.25) is 0 Å². The van der Waals surface area contributed by atoms with Gasteiger partial charge in [-0.2, -0.15) is 0 Å². The highest BCUT2D eigenvalue weighted by atomic mass is 35.5. The molecule has 2 aromatic heterocycles. The van der Waals surface area contributed by atoms with Gasteiger partial charge in [0.2, 0.25) is 0 Å². The predicted octanol–water partition coefficient (Wildman–Crippen LogP) is 4.25. The molecular weight excluding hydrogens is 278 g/mol. The number of pyridine rings is 1. The Morgan fingerprint density at radius 3 is 2.84 bits per heavy atom. The van der Waals surface area contributed by atoms with Crippen molar-refractivity contribution in [3.63, 3.8) is 0 Å². The highest BCUT2D eigenvalue weighted by Crippen LogP contribution is 2.24. The maximum atomic E-state index is 5.95. The van der Waals surface area contributed by atoms with E-state index in [2.05, 4.69) is 28.2 Å². The van der Waals surface area contributed by atoms with Crippen molar-refractivity contribution in [2.24, 2.45) is 0 Å². The van der Waals surface area contributed by atoms with Crippen LogP contribution in [0.3, 0.4) is 0 Å². The molecular formula is C14H18ClN3S. The summed E-state index contributed by atoms with van der Waals surface area (Å²) in [5, 5.41) is 3.30. The SMILES string of the molecule is CCCNc1cccc(N(C)Cc2ccc(Cl)s2)n1. The summed E-state index contributed by atoms with van der Waals surface area (Å²) in [5.41, 5.74) is 0. The van der Waals surface area contributed by atoms with Crippen LogP contribution in [0.5, 0.6) is 0 Å². The molecule has 0 amide bonds. The van der Waals surface area contributed by atoms with Crippen LogP contribution in [0.4, 0.5) is 11.6 Å². The fourth-order valence-electron chi connectivity index (χ4n) is 1.74. The Labute approximate surface area is 123 Å². The number of nitrogens with zero attached hydrogens (tertiary/aromatic N) is 2. The zero-order valence-electron chi connectivity index (χ0n) is 11.2. The van der Waals surface area contributed by atoms with Gasteiger partial charge in [-0.15, -0.1) is 11.3 Å². The van der Waals surface area contributed by atoms with Crippen molar-refractivity contribution < 1.29 is 0 Å². The van der Waals surface area contributed by atoms with Crippen LogP contribution >= 0.6 is 22.9 Å². The van der Waals surface area contributed by atoms with Crippen molar-refractivity contribution >= 4 is 34.6 Å². The second kappa shape index (κ2) is 6.78. The van der Waals surface area contributed by atoms with Crippen LogP contribution in [-0.2, 0) is 6.54 Å². The van der Waals surface area contributed by atoms with Crippen LogP contribution in [0, 0.1) is 0 Å². The fourth-order valence-corrected chi connectivity index (χ4v) is 2.88. The Morgan fingerprint density at radius 1 is 1.32 bits per heavy atom. The highest BCUT2D eigenvalue weighted by Gasteiger charge is 2.06. The summed E-state index contributed by atoms with van der Waals surface area (Å²) in [6.45, 7) is 3.91. The van der Waals surface area contributed by atoms with E-state index < -0.39 is 0 Å². The Morgan fingerprint density at radius 2 is 2.16 bits per heavy atom. The lowest BCUT2D eigenvalue weighted by atomic mass is 10.3. The molecule has 3 nitrogen and oxygen atoms in total. The normalized spacial score (nSPS) is 10.5. The summed E-state index contributed by atoms with van der Waals surface area (Å²) in [5.74, 6) is 1.89. The van der Waals surface area contributed by atoms with Crippen molar-refractivity contribution in [2.75, 3.05) is 23.8 Å². The number of nitrogens with one attached hydrogen (secondary N) is 1. The monoisotopic (exact) mass is 295 g/mol.